The van der Waals surface area contributed by atoms with E-state index < -0.39 is 0 Å². The van der Waals surface area contributed by atoms with Crippen molar-refractivity contribution in [2.45, 2.75) is 18.8 Å². The Kier molecular flexibility index (Phi) is 1.35. The lowest BCUT2D eigenvalue weighted by Crippen LogP contribution is -2.02. The zero-order valence-electron chi connectivity index (χ0n) is 8.68. The molecule has 0 bridgehead atoms. The second kappa shape index (κ2) is 2.61. The number of rotatable bonds is 1. The Morgan fingerprint density at radius 1 is 1.25 bits per heavy atom. The van der Waals surface area contributed by atoms with Crippen LogP contribution in [0.4, 0.5) is 0 Å². The minimum Gasteiger partial charge on any atom is -0.302 e. The molecule has 16 heavy (non-hydrogen) atoms. The number of hydrogen-bond donors (Lipinski definition) is 0. The molecule has 0 N–H and O–H groups in total. The standard InChI is InChI=1S/C13H10N2O/c16-11-6-7-15-12-9(11)2-1-3-10(12)14-13(15)8-4-5-8/h1-3,6-8H,4-5H2. The summed E-state index contributed by atoms with van der Waals surface area (Å²) in [6.07, 6.45) is 4.30. The quantitative estimate of drug-likeness (QED) is 0.616. The van der Waals surface area contributed by atoms with Gasteiger partial charge < -0.3 is 4.40 Å². The van der Waals surface area contributed by atoms with Crippen LogP contribution in [0.25, 0.3) is 16.4 Å². The Balaban J connectivity index is 2.28. The van der Waals surface area contributed by atoms with Crippen molar-refractivity contribution in [1.29, 1.82) is 0 Å². The van der Waals surface area contributed by atoms with Gasteiger partial charge in [-0.05, 0) is 25.0 Å². The first-order valence-corrected chi connectivity index (χ1v) is 5.58. The van der Waals surface area contributed by atoms with E-state index in [9.17, 15) is 4.79 Å². The van der Waals surface area contributed by atoms with Gasteiger partial charge >= 0.3 is 0 Å². The van der Waals surface area contributed by atoms with Gasteiger partial charge in [-0.15, -0.1) is 0 Å². The number of benzene rings is 1. The molecular weight excluding hydrogens is 200 g/mol. The molecule has 1 aliphatic rings. The van der Waals surface area contributed by atoms with Crippen LogP contribution < -0.4 is 5.43 Å². The van der Waals surface area contributed by atoms with E-state index in [1.165, 1.54) is 12.8 Å². The summed E-state index contributed by atoms with van der Waals surface area (Å²) in [6, 6.07) is 7.40. The maximum Gasteiger partial charge on any atom is 0.189 e. The van der Waals surface area contributed by atoms with Gasteiger partial charge in [-0.2, -0.15) is 0 Å². The predicted octanol–water partition coefficient (Wildman–Crippen LogP) is 2.16. The number of aromatic nitrogens is 2. The van der Waals surface area contributed by atoms with E-state index in [2.05, 4.69) is 9.38 Å². The van der Waals surface area contributed by atoms with E-state index in [0.29, 0.717) is 5.92 Å². The average Bonchev–Trinajstić information content (AvgIpc) is 3.07. The molecule has 3 nitrogen and oxygen atoms in total. The first-order valence-electron chi connectivity index (χ1n) is 5.58. The fourth-order valence-corrected chi connectivity index (χ4v) is 2.38. The highest BCUT2D eigenvalue weighted by molar-refractivity contribution is 5.93. The third kappa shape index (κ3) is 0.927. The van der Waals surface area contributed by atoms with Crippen LogP contribution in [0.5, 0.6) is 0 Å². The largest absolute Gasteiger partial charge is 0.302 e. The molecule has 1 saturated carbocycles. The highest BCUT2D eigenvalue weighted by Crippen LogP contribution is 2.40. The second-order valence-corrected chi connectivity index (χ2v) is 4.47. The topological polar surface area (TPSA) is 34.4 Å². The summed E-state index contributed by atoms with van der Waals surface area (Å²) < 4.78 is 2.09. The lowest BCUT2D eigenvalue weighted by molar-refractivity contribution is 0.925. The van der Waals surface area contributed by atoms with Gasteiger partial charge in [0.05, 0.1) is 11.0 Å². The molecule has 0 radical (unpaired) electrons. The van der Waals surface area contributed by atoms with Crippen LogP contribution in [0.15, 0.2) is 35.3 Å². The molecular formula is C13H10N2O. The van der Waals surface area contributed by atoms with Crippen molar-refractivity contribution in [3.8, 4) is 0 Å². The zero-order chi connectivity index (χ0) is 10.7. The van der Waals surface area contributed by atoms with Gasteiger partial charge in [0, 0.05) is 23.6 Å². The van der Waals surface area contributed by atoms with Crippen LogP contribution >= 0.6 is 0 Å². The second-order valence-electron chi connectivity index (χ2n) is 4.47. The van der Waals surface area contributed by atoms with E-state index in [-0.39, 0.29) is 5.43 Å². The fourth-order valence-electron chi connectivity index (χ4n) is 2.38. The number of pyridine rings is 1. The van der Waals surface area contributed by atoms with Crippen LogP contribution in [0.1, 0.15) is 24.6 Å². The highest BCUT2D eigenvalue weighted by Gasteiger charge is 2.28. The van der Waals surface area contributed by atoms with Gasteiger partial charge in [-0.3, -0.25) is 4.79 Å². The molecule has 0 unspecified atom stereocenters. The Morgan fingerprint density at radius 3 is 2.94 bits per heavy atom. The Bertz CT molecular complexity index is 740. The smallest absolute Gasteiger partial charge is 0.189 e. The molecule has 3 aromatic rings. The van der Waals surface area contributed by atoms with Crippen molar-refractivity contribution >= 4 is 16.4 Å². The van der Waals surface area contributed by atoms with E-state index in [1.807, 2.05) is 24.4 Å². The number of nitrogens with zero attached hydrogens (tertiary/aromatic N) is 2. The maximum atomic E-state index is 11.7. The first-order chi connectivity index (χ1) is 7.84. The van der Waals surface area contributed by atoms with Gasteiger partial charge in [0.15, 0.2) is 5.43 Å². The summed E-state index contributed by atoms with van der Waals surface area (Å²) in [4.78, 5) is 16.4. The van der Waals surface area contributed by atoms with Crippen molar-refractivity contribution in [3.05, 3.63) is 46.5 Å². The number of hydrogen-bond acceptors (Lipinski definition) is 2. The summed E-state index contributed by atoms with van der Waals surface area (Å²) in [6.45, 7) is 0. The van der Waals surface area contributed by atoms with Crippen molar-refractivity contribution in [2.75, 3.05) is 0 Å². The fraction of sp³-hybridized carbons (Fsp3) is 0.231. The van der Waals surface area contributed by atoms with E-state index in [4.69, 9.17) is 0 Å². The molecule has 0 aliphatic heterocycles. The van der Waals surface area contributed by atoms with Gasteiger partial charge in [-0.1, -0.05) is 6.07 Å². The summed E-state index contributed by atoms with van der Waals surface area (Å²) in [5.41, 5.74) is 2.01. The van der Waals surface area contributed by atoms with Crippen molar-refractivity contribution in [3.63, 3.8) is 0 Å². The van der Waals surface area contributed by atoms with E-state index >= 15 is 0 Å². The predicted molar refractivity (Wildman–Crippen MR) is 62.1 cm³/mol. The van der Waals surface area contributed by atoms with Crippen LogP contribution in [-0.2, 0) is 0 Å². The minimum atomic E-state index is 0.0837. The molecule has 0 spiro atoms. The molecule has 3 heteroatoms. The van der Waals surface area contributed by atoms with Crippen molar-refractivity contribution in [2.24, 2.45) is 0 Å². The van der Waals surface area contributed by atoms with Gasteiger partial charge in [0.25, 0.3) is 0 Å². The minimum absolute atomic E-state index is 0.0837. The molecule has 1 aliphatic carbocycles. The van der Waals surface area contributed by atoms with Crippen LogP contribution in [-0.4, -0.2) is 9.38 Å². The highest BCUT2D eigenvalue weighted by atomic mass is 16.1. The van der Waals surface area contributed by atoms with Crippen LogP contribution in [0.2, 0.25) is 0 Å². The maximum absolute atomic E-state index is 11.7. The third-order valence-corrected chi connectivity index (χ3v) is 3.32. The van der Waals surface area contributed by atoms with Gasteiger partial charge in [0.2, 0.25) is 0 Å². The molecule has 0 amide bonds. The number of para-hydroxylation sites is 1. The van der Waals surface area contributed by atoms with E-state index in [1.54, 1.807) is 6.07 Å². The molecule has 4 rings (SSSR count). The third-order valence-electron chi connectivity index (χ3n) is 3.32. The van der Waals surface area contributed by atoms with Crippen molar-refractivity contribution < 1.29 is 0 Å². The van der Waals surface area contributed by atoms with Gasteiger partial charge in [-0.25, -0.2) is 4.98 Å². The lowest BCUT2D eigenvalue weighted by Gasteiger charge is -1.99. The van der Waals surface area contributed by atoms with Crippen LogP contribution in [0.3, 0.4) is 0 Å². The molecule has 1 aromatic carbocycles. The Hall–Kier alpha value is -1.90. The average molecular weight is 210 g/mol. The number of imidazole rings is 1. The summed E-state index contributed by atoms with van der Waals surface area (Å²) in [5, 5.41) is 0.777. The summed E-state index contributed by atoms with van der Waals surface area (Å²) in [5.74, 6) is 1.71. The monoisotopic (exact) mass is 210 g/mol. The lowest BCUT2D eigenvalue weighted by atomic mass is 10.2. The Labute approximate surface area is 91.7 Å². The van der Waals surface area contributed by atoms with E-state index in [0.717, 1.165) is 22.2 Å². The SMILES string of the molecule is O=c1ccn2c(C3CC3)nc3cccc1c32. The molecule has 0 saturated heterocycles. The van der Waals surface area contributed by atoms with Gasteiger partial charge in [0.1, 0.15) is 5.82 Å². The zero-order valence-corrected chi connectivity index (χ0v) is 8.68. The molecule has 2 aromatic heterocycles. The molecule has 0 atom stereocenters. The van der Waals surface area contributed by atoms with Crippen LogP contribution in [0, 0.1) is 0 Å². The molecule has 1 fully saturated rings. The molecule has 78 valence electrons. The first kappa shape index (κ1) is 8.28. The van der Waals surface area contributed by atoms with Crippen molar-refractivity contribution in [1.82, 2.24) is 9.38 Å². The normalized spacial score (nSPS) is 16.2. The molecule has 2 heterocycles. The Morgan fingerprint density at radius 2 is 2.12 bits per heavy atom. The summed E-state index contributed by atoms with van der Waals surface area (Å²) >= 11 is 0. The summed E-state index contributed by atoms with van der Waals surface area (Å²) in [7, 11) is 0.